The van der Waals surface area contributed by atoms with Gasteiger partial charge in [-0.3, -0.25) is 4.90 Å². The van der Waals surface area contributed by atoms with Crippen molar-refractivity contribution in [3.63, 3.8) is 0 Å². The molecule has 3 rings (SSSR count). The number of ether oxygens (including phenoxy) is 2. The Hall–Kier alpha value is -1.14. The molecule has 1 atom stereocenters. The van der Waals surface area contributed by atoms with E-state index >= 15 is 0 Å². The molecule has 25 heavy (non-hydrogen) atoms. The zero-order chi connectivity index (χ0) is 17.6. The van der Waals surface area contributed by atoms with Crippen molar-refractivity contribution in [2.75, 3.05) is 26.3 Å². The fraction of sp³-hybridized carbons (Fsp3) is 0.632. The molecule has 2 heterocycles. The van der Waals surface area contributed by atoms with Gasteiger partial charge in [-0.1, -0.05) is 17.7 Å². The van der Waals surface area contributed by atoms with E-state index in [4.69, 9.17) is 26.2 Å². The fourth-order valence-corrected chi connectivity index (χ4v) is 3.79. The first-order valence-electron chi connectivity index (χ1n) is 9.09. The number of hydrogen-bond donors (Lipinski definition) is 1. The second-order valence-electron chi connectivity index (χ2n) is 6.92. The normalized spacial score (nSPS) is 22.8. The van der Waals surface area contributed by atoms with Crippen LogP contribution in [0.1, 0.15) is 48.0 Å². The summed E-state index contributed by atoms with van der Waals surface area (Å²) >= 11 is 6.05. The molecule has 0 saturated carbocycles. The Morgan fingerprint density at radius 1 is 1.28 bits per heavy atom. The Balaban J connectivity index is 1.41. The van der Waals surface area contributed by atoms with Crippen LogP contribution in [0, 0.1) is 0 Å². The molecule has 1 N–H and O–H groups in total. The number of hydrogen-bond acceptors (Lipinski definition) is 4. The Labute approximate surface area is 153 Å². The van der Waals surface area contributed by atoms with E-state index in [0.29, 0.717) is 11.1 Å². The summed E-state index contributed by atoms with van der Waals surface area (Å²) in [6, 6.07) is 5.19. The molecular formula is C19H26ClNO4. The lowest BCUT2D eigenvalue weighted by Crippen LogP contribution is -2.38. The second kappa shape index (κ2) is 8.99. The van der Waals surface area contributed by atoms with Crippen LogP contribution < -0.4 is 0 Å². The van der Waals surface area contributed by atoms with Gasteiger partial charge in [0, 0.05) is 26.2 Å². The zero-order valence-electron chi connectivity index (χ0n) is 14.5. The number of carbonyl (C=O) groups is 1. The van der Waals surface area contributed by atoms with Crippen molar-refractivity contribution >= 4 is 17.6 Å². The van der Waals surface area contributed by atoms with Crippen LogP contribution in [0.15, 0.2) is 18.2 Å². The number of halogens is 1. The van der Waals surface area contributed by atoms with Crippen LogP contribution in [-0.4, -0.2) is 54.5 Å². The number of piperidine rings is 1. The minimum absolute atomic E-state index is 0.155. The number of rotatable bonds is 6. The van der Waals surface area contributed by atoms with Gasteiger partial charge < -0.3 is 14.6 Å². The van der Waals surface area contributed by atoms with Crippen LogP contribution in [0.25, 0.3) is 0 Å². The Bertz CT molecular complexity index is 581. The summed E-state index contributed by atoms with van der Waals surface area (Å²) < 4.78 is 11.8. The lowest BCUT2D eigenvalue weighted by atomic mass is 10.1. The molecular weight excluding hydrogens is 342 g/mol. The SMILES string of the molecule is O=C(O)c1ccc(CN2CCC(OCC3CCCCO3)CC2)cc1Cl. The van der Waals surface area contributed by atoms with Crippen LogP contribution in [0.5, 0.6) is 0 Å². The third-order valence-corrected chi connectivity index (χ3v) is 5.31. The number of benzene rings is 1. The number of likely N-dealkylation sites (tertiary alicyclic amines) is 1. The molecule has 2 fully saturated rings. The Morgan fingerprint density at radius 2 is 2.08 bits per heavy atom. The van der Waals surface area contributed by atoms with Crippen molar-refractivity contribution in [1.82, 2.24) is 4.90 Å². The van der Waals surface area contributed by atoms with Gasteiger partial charge in [0.2, 0.25) is 0 Å². The quantitative estimate of drug-likeness (QED) is 0.832. The van der Waals surface area contributed by atoms with E-state index in [1.165, 1.54) is 12.8 Å². The molecule has 0 spiro atoms. The fourth-order valence-electron chi connectivity index (χ4n) is 3.50. The minimum atomic E-state index is -0.989. The number of nitrogens with zero attached hydrogens (tertiary/aromatic N) is 1. The van der Waals surface area contributed by atoms with Crippen molar-refractivity contribution in [3.05, 3.63) is 34.3 Å². The molecule has 0 amide bonds. The van der Waals surface area contributed by atoms with E-state index < -0.39 is 5.97 Å². The van der Waals surface area contributed by atoms with Crippen LogP contribution in [-0.2, 0) is 16.0 Å². The molecule has 2 aliphatic heterocycles. The lowest BCUT2D eigenvalue weighted by Gasteiger charge is -2.33. The van der Waals surface area contributed by atoms with Crippen LogP contribution >= 0.6 is 11.6 Å². The molecule has 0 bridgehead atoms. The van der Waals surface area contributed by atoms with E-state index in [9.17, 15) is 4.79 Å². The topological polar surface area (TPSA) is 59.0 Å². The number of carboxylic acids is 1. The third kappa shape index (κ3) is 5.42. The van der Waals surface area contributed by atoms with Gasteiger partial charge in [0.15, 0.2) is 0 Å². The van der Waals surface area contributed by atoms with Crippen molar-refractivity contribution in [1.29, 1.82) is 0 Å². The van der Waals surface area contributed by atoms with Gasteiger partial charge in [-0.15, -0.1) is 0 Å². The highest BCUT2D eigenvalue weighted by molar-refractivity contribution is 6.33. The summed E-state index contributed by atoms with van der Waals surface area (Å²) in [4.78, 5) is 13.4. The van der Waals surface area contributed by atoms with Gasteiger partial charge in [0.1, 0.15) is 0 Å². The van der Waals surface area contributed by atoms with Gasteiger partial charge in [0.25, 0.3) is 0 Å². The molecule has 1 aromatic rings. The van der Waals surface area contributed by atoms with Crippen LogP contribution in [0.3, 0.4) is 0 Å². The van der Waals surface area contributed by atoms with Gasteiger partial charge in [-0.25, -0.2) is 4.79 Å². The molecule has 1 aromatic carbocycles. The summed E-state index contributed by atoms with van der Waals surface area (Å²) in [5.41, 5.74) is 1.20. The molecule has 2 aliphatic rings. The standard InChI is InChI=1S/C19H26ClNO4/c20-18-11-14(4-5-17(18)19(22)23)12-21-8-6-15(7-9-21)25-13-16-3-1-2-10-24-16/h4-5,11,15-16H,1-3,6-10,12-13H2,(H,22,23). The summed E-state index contributed by atoms with van der Waals surface area (Å²) in [5.74, 6) is -0.989. The Kier molecular flexibility index (Phi) is 6.70. The van der Waals surface area contributed by atoms with E-state index in [-0.39, 0.29) is 11.7 Å². The molecule has 1 unspecified atom stereocenters. The third-order valence-electron chi connectivity index (χ3n) is 5.00. The summed E-state index contributed by atoms with van der Waals surface area (Å²) in [6.45, 7) is 4.34. The maximum Gasteiger partial charge on any atom is 0.337 e. The van der Waals surface area contributed by atoms with Crippen molar-refractivity contribution < 1.29 is 19.4 Å². The predicted molar refractivity (Wildman–Crippen MR) is 96.3 cm³/mol. The van der Waals surface area contributed by atoms with Gasteiger partial charge >= 0.3 is 5.97 Å². The second-order valence-corrected chi connectivity index (χ2v) is 7.32. The van der Waals surface area contributed by atoms with Gasteiger partial charge in [-0.05, 0) is 49.8 Å². The predicted octanol–water partition coefficient (Wildman–Crippen LogP) is 3.59. The minimum Gasteiger partial charge on any atom is -0.478 e. The van der Waals surface area contributed by atoms with E-state index in [1.54, 1.807) is 12.1 Å². The monoisotopic (exact) mass is 367 g/mol. The summed E-state index contributed by atoms with van der Waals surface area (Å²) in [7, 11) is 0. The van der Waals surface area contributed by atoms with Crippen LogP contribution in [0.2, 0.25) is 5.02 Å². The highest BCUT2D eigenvalue weighted by Gasteiger charge is 2.22. The number of carboxylic acid groups (broad SMARTS) is 1. The molecule has 0 radical (unpaired) electrons. The van der Waals surface area contributed by atoms with E-state index in [2.05, 4.69) is 4.90 Å². The highest BCUT2D eigenvalue weighted by atomic mass is 35.5. The lowest BCUT2D eigenvalue weighted by molar-refractivity contribution is -0.0753. The maximum atomic E-state index is 11.0. The average Bonchev–Trinajstić information content (AvgIpc) is 2.62. The van der Waals surface area contributed by atoms with Crippen molar-refractivity contribution in [2.45, 2.75) is 50.9 Å². The molecule has 0 aliphatic carbocycles. The molecule has 2 saturated heterocycles. The first-order valence-corrected chi connectivity index (χ1v) is 9.47. The smallest absolute Gasteiger partial charge is 0.337 e. The zero-order valence-corrected chi connectivity index (χ0v) is 15.2. The van der Waals surface area contributed by atoms with Gasteiger partial charge in [-0.2, -0.15) is 0 Å². The van der Waals surface area contributed by atoms with Crippen molar-refractivity contribution in [3.8, 4) is 0 Å². The molecule has 5 nitrogen and oxygen atoms in total. The van der Waals surface area contributed by atoms with Crippen LogP contribution in [0.4, 0.5) is 0 Å². The summed E-state index contributed by atoms with van der Waals surface area (Å²) in [5, 5.41) is 9.34. The maximum absolute atomic E-state index is 11.0. The molecule has 0 aromatic heterocycles. The summed E-state index contributed by atoms with van der Waals surface area (Å²) in [6.07, 6.45) is 6.18. The number of aromatic carboxylic acids is 1. The van der Waals surface area contributed by atoms with Crippen molar-refractivity contribution in [2.24, 2.45) is 0 Å². The van der Waals surface area contributed by atoms with E-state index in [0.717, 1.165) is 57.7 Å². The molecule has 6 heteroatoms. The Morgan fingerprint density at radius 3 is 2.72 bits per heavy atom. The van der Waals surface area contributed by atoms with E-state index in [1.807, 2.05) is 6.07 Å². The average molecular weight is 368 g/mol. The largest absolute Gasteiger partial charge is 0.478 e. The first-order chi connectivity index (χ1) is 12.1. The molecule has 138 valence electrons. The first kappa shape index (κ1) is 18.6. The van der Waals surface area contributed by atoms with Gasteiger partial charge in [0.05, 0.1) is 29.4 Å². The highest BCUT2D eigenvalue weighted by Crippen LogP contribution is 2.22.